The largest absolute Gasteiger partial charge is 0.481 e. The molecule has 118 valence electrons. The fourth-order valence-electron chi connectivity index (χ4n) is 2.54. The molecule has 0 amide bonds. The van der Waals surface area contributed by atoms with Gasteiger partial charge in [-0.15, -0.1) is 0 Å². The second-order valence-electron chi connectivity index (χ2n) is 5.13. The van der Waals surface area contributed by atoms with Crippen LogP contribution in [0, 0.1) is 21.4 Å². The van der Waals surface area contributed by atoms with Crippen LogP contribution in [0.3, 0.4) is 0 Å². The van der Waals surface area contributed by atoms with E-state index < -0.39 is 16.8 Å². The van der Waals surface area contributed by atoms with Gasteiger partial charge in [-0.2, -0.15) is 5.26 Å². The van der Waals surface area contributed by atoms with Crippen LogP contribution in [0.2, 0.25) is 0 Å². The first kappa shape index (κ1) is 15.2. The summed E-state index contributed by atoms with van der Waals surface area (Å²) < 4.78 is 5.32. The molecule has 0 bridgehead atoms. The molecule has 0 spiro atoms. The van der Waals surface area contributed by atoms with Crippen molar-refractivity contribution in [2.24, 2.45) is 0 Å². The maximum absolute atomic E-state index is 11.3. The summed E-state index contributed by atoms with van der Waals surface area (Å²) in [5, 5.41) is 29.6. The van der Waals surface area contributed by atoms with Crippen molar-refractivity contribution in [3.8, 4) is 17.2 Å². The third-order valence-electron chi connectivity index (χ3n) is 3.56. The normalized spacial score (nSPS) is 10.5. The Morgan fingerprint density at radius 1 is 1.25 bits per heavy atom. The van der Waals surface area contributed by atoms with E-state index in [0.717, 1.165) is 0 Å². The number of fused-ring (bicyclic) bond motifs is 1. The number of benzene rings is 2. The zero-order chi connectivity index (χ0) is 17.3. The van der Waals surface area contributed by atoms with E-state index in [9.17, 15) is 14.9 Å². The molecule has 0 atom stereocenters. The van der Waals surface area contributed by atoms with Crippen molar-refractivity contribution in [1.29, 1.82) is 5.26 Å². The minimum absolute atomic E-state index is 0.193. The lowest BCUT2D eigenvalue weighted by Crippen LogP contribution is -1.99. The summed E-state index contributed by atoms with van der Waals surface area (Å²) in [4.78, 5) is 21.6. The van der Waals surface area contributed by atoms with Crippen molar-refractivity contribution in [3.05, 3.63) is 63.7 Å². The molecule has 0 radical (unpaired) electrons. The Morgan fingerprint density at radius 2 is 1.96 bits per heavy atom. The van der Waals surface area contributed by atoms with Crippen LogP contribution < -0.4 is 0 Å². The third kappa shape index (κ3) is 2.68. The van der Waals surface area contributed by atoms with Crippen molar-refractivity contribution in [2.75, 3.05) is 0 Å². The quantitative estimate of drug-likeness (QED) is 0.580. The Morgan fingerprint density at radius 3 is 2.54 bits per heavy atom. The summed E-state index contributed by atoms with van der Waals surface area (Å²) in [7, 11) is 0. The van der Waals surface area contributed by atoms with Crippen LogP contribution in [0.4, 0.5) is 5.88 Å². The first-order chi connectivity index (χ1) is 11.5. The van der Waals surface area contributed by atoms with Crippen LogP contribution in [-0.4, -0.2) is 16.0 Å². The predicted molar refractivity (Wildman–Crippen MR) is 84.4 cm³/mol. The van der Waals surface area contributed by atoms with E-state index in [1.54, 1.807) is 36.4 Å². The van der Waals surface area contributed by atoms with E-state index in [-0.39, 0.29) is 12.0 Å². The molecular formula is C17H10N2O5. The number of hydrogen-bond donors (Lipinski definition) is 1. The molecule has 0 aliphatic rings. The molecule has 1 N–H and O–H groups in total. The monoisotopic (exact) mass is 322 g/mol. The SMILES string of the molecule is N#Cc1ccc(-c2c([N+](=O)[O-])oc3ccc(CC(=O)O)cc23)cc1. The average molecular weight is 322 g/mol. The van der Waals surface area contributed by atoms with Crippen LogP contribution in [0.25, 0.3) is 22.1 Å². The number of carboxylic acids is 1. The molecule has 7 heteroatoms. The van der Waals surface area contributed by atoms with Crippen molar-refractivity contribution < 1.29 is 19.2 Å². The van der Waals surface area contributed by atoms with Gasteiger partial charge in [-0.3, -0.25) is 14.9 Å². The zero-order valence-corrected chi connectivity index (χ0v) is 12.2. The first-order valence-electron chi connectivity index (χ1n) is 6.91. The molecule has 2 aromatic carbocycles. The Kier molecular flexibility index (Phi) is 3.72. The fourth-order valence-corrected chi connectivity index (χ4v) is 2.54. The molecular weight excluding hydrogens is 312 g/mol. The van der Waals surface area contributed by atoms with E-state index in [2.05, 4.69) is 0 Å². The Labute approximate surface area is 135 Å². The Bertz CT molecular complexity index is 996. The van der Waals surface area contributed by atoms with Crippen LogP contribution in [0.1, 0.15) is 11.1 Å². The summed E-state index contributed by atoms with van der Waals surface area (Å²) >= 11 is 0. The number of carbonyl (C=O) groups is 1. The maximum atomic E-state index is 11.3. The third-order valence-corrected chi connectivity index (χ3v) is 3.56. The van der Waals surface area contributed by atoms with E-state index >= 15 is 0 Å². The van der Waals surface area contributed by atoms with Crippen LogP contribution in [0.5, 0.6) is 0 Å². The molecule has 0 aliphatic carbocycles. The number of rotatable bonds is 4. The van der Waals surface area contributed by atoms with Crippen molar-refractivity contribution in [1.82, 2.24) is 0 Å². The number of carboxylic acid groups (broad SMARTS) is 1. The molecule has 0 aliphatic heterocycles. The van der Waals surface area contributed by atoms with Gasteiger partial charge in [0.15, 0.2) is 0 Å². The van der Waals surface area contributed by atoms with Crippen LogP contribution >= 0.6 is 0 Å². The first-order valence-corrected chi connectivity index (χ1v) is 6.91. The van der Waals surface area contributed by atoms with Gasteiger partial charge in [-0.05, 0) is 35.4 Å². The molecule has 7 nitrogen and oxygen atoms in total. The highest BCUT2D eigenvalue weighted by atomic mass is 16.6. The van der Waals surface area contributed by atoms with Crippen molar-refractivity contribution in [3.63, 3.8) is 0 Å². The maximum Gasteiger partial charge on any atom is 0.442 e. The topological polar surface area (TPSA) is 117 Å². The van der Waals surface area contributed by atoms with Gasteiger partial charge in [-0.1, -0.05) is 18.2 Å². The molecule has 0 unspecified atom stereocenters. The lowest BCUT2D eigenvalue weighted by molar-refractivity contribution is -0.400. The summed E-state index contributed by atoms with van der Waals surface area (Å²) in [6.45, 7) is 0. The van der Waals surface area contributed by atoms with Crippen LogP contribution in [0.15, 0.2) is 46.9 Å². The zero-order valence-electron chi connectivity index (χ0n) is 12.2. The molecule has 1 aromatic heterocycles. The van der Waals surface area contributed by atoms with E-state index in [1.165, 1.54) is 6.07 Å². The number of nitrogens with zero attached hydrogens (tertiary/aromatic N) is 2. The van der Waals surface area contributed by atoms with Gasteiger partial charge in [0.2, 0.25) is 0 Å². The molecule has 0 fully saturated rings. The highest BCUT2D eigenvalue weighted by Gasteiger charge is 2.25. The lowest BCUT2D eigenvalue weighted by atomic mass is 10.0. The fraction of sp³-hybridized carbons (Fsp3) is 0.0588. The molecule has 1 heterocycles. The van der Waals surface area contributed by atoms with Crippen molar-refractivity contribution in [2.45, 2.75) is 6.42 Å². The van der Waals surface area contributed by atoms with Gasteiger partial charge < -0.3 is 9.52 Å². The number of nitro groups is 1. The van der Waals surface area contributed by atoms with E-state index in [1.807, 2.05) is 6.07 Å². The number of furan rings is 1. The second-order valence-corrected chi connectivity index (χ2v) is 5.13. The molecule has 24 heavy (non-hydrogen) atoms. The summed E-state index contributed by atoms with van der Waals surface area (Å²) in [6.07, 6.45) is -0.193. The number of hydrogen-bond acceptors (Lipinski definition) is 5. The Balaban J connectivity index is 2.25. The van der Waals surface area contributed by atoms with Crippen molar-refractivity contribution >= 4 is 22.8 Å². The van der Waals surface area contributed by atoms with Gasteiger partial charge in [0, 0.05) is 5.39 Å². The highest BCUT2D eigenvalue weighted by Crippen LogP contribution is 2.40. The van der Waals surface area contributed by atoms with Gasteiger partial charge >= 0.3 is 11.9 Å². The standard InChI is InChI=1S/C17H10N2O5/c18-9-10-1-4-12(5-2-10)16-13-7-11(8-15(20)21)3-6-14(13)24-17(16)19(22)23/h1-7H,8H2,(H,20,21). The minimum Gasteiger partial charge on any atom is -0.481 e. The van der Waals surface area contributed by atoms with E-state index in [4.69, 9.17) is 14.8 Å². The van der Waals surface area contributed by atoms with Gasteiger partial charge in [0.1, 0.15) is 16.1 Å². The minimum atomic E-state index is -0.993. The smallest absolute Gasteiger partial charge is 0.442 e. The number of aliphatic carboxylic acids is 1. The van der Waals surface area contributed by atoms with Gasteiger partial charge in [-0.25, -0.2) is 0 Å². The molecule has 3 rings (SSSR count). The summed E-state index contributed by atoms with van der Waals surface area (Å²) in [5.74, 6) is -1.41. The Hall–Kier alpha value is -3.66. The predicted octanol–water partition coefficient (Wildman–Crippen LogP) is 3.51. The molecule has 0 saturated heterocycles. The van der Waals surface area contributed by atoms with Crippen LogP contribution in [-0.2, 0) is 11.2 Å². The lowest BCUT2D eigenvalue weighted by Gasteiger charge is -2.00. The second kappa shape index (κ2) is 5.85. The summed E-state index contributed by atoms with van der Waals surface area (Å²) in [5.41, 5.74) is 2.04. The van der Waals surface area contributed by atoms with Gasteiger partial charge in [0.25, 0.3) is 0 Å². The summed E-state index contributed by atoms with van der Waals surface area (Å²) in [6, 6.07) is 12.9. The molecule has 3 aromatic rings. The number of nitriles is 1. The van der Waals surface area contributed by atoms with Gasteiger partial charge in [0.05, 0.1) is 18.1 Å². The molecule has 0 saturated carbocycles. The highest BCUT2D eigenvalue weighted by molar-refractivity contribution is 5.99. The van der Waals surface area contributed by atoms with E-state index in [0.29, 0.717) is 27.7 Å². The average Bonchev–Trinajstić information content (AvgIpc) is 2.93.